The van der Waals surface area contributed by atoms with E-state index in [1.807, 2.05) is 18.3 Å². The van der Waals surface area contributed by atoms with Crippen LogP contribution in [0.1, 0.15) is 19.8 Å². The molecule has 0 spiro atoms. The van der Waals surface area contributed by atoms with Crippen molar-refractivity contribution in [2.24, 2.45) is 5.73 Å². The Bertz CT molecular complexity index is 556. The summed E-state index contributed by atoms with van der Waals surface area (Å²) in [5.74, 6) is 1.89. The van der Waals surface area contributed by atoms with Crippen LogP contribution in [-0.2, 0) is 0 Å². The van der Waals surface area contributed by atoms with Gasteiger partial charge in [-0.3, -0.25) is 0 Å². The molecule has 0 saturated heterocycles. The van der Waals surface area contributed by atoms with E-state index in [0.717, 1.165) is 42.9 Å². The van der Waals surface area contributed by atoms with Crippen LogP contribution < -0.4 is 15.4 Å². The summed E-state index contributed by atoms with van der Waals surface area (Å²) in [6, 6.07) is 8.15. The molecule has 1 aromatic heterocycles. The van der Waals surface area contributed by atoms with Crippen LogP contribution in [0, 0.1) is 0 Å². The summed E-state index contributed by atoms with van der Waals surface area (Å²) in [4.78, 5) is 6.90. The molecule has 2 N–H and O–H groups in total. The van der Waals surface area contributed by atoms with Gasteiger partial charge in [-0.2, -0.15) is 0 Å². The summed E-state index contributed by atoms with van der Waals surface area (Å²) in [5, 5.41) is 2.32. The van der Waals surface area contributed by atoms with Crippen molar-refractivity contribution in [3.63, 3.8) is 0 Å². The van der Waals surface area contributed by atoms with E-state index in [1.165, 1.54) is 5.39 Å². The smallest absolute Gasteiger partial charge is 0.136 e. The maximum atomic E-state index is 5.64. The van der Waals surface area contributed by atoms with Crippen molar-refractivity contribution in [3.8, 4) is 5.75 Å². The molecule has 1 aromatic carbocycles. The quantitative estimate of drug-likeness (QED) is 0.843. The third-order valence-corrected chi connectivity index (χ3v) is 3.38. The molecule has 0 radical (unpaired) electrons. The van der Waals surface area contributed by atoms with Crippen LogP contribution in [0.5, 0.6) is 5.75 Å². The Morgan fingerprint density at radius 1 is 1.25 bits per heavy atom. The Morgan fingerprint density at radius 2 is 2.10 bits per heavy atom. The minimum Gasteiger partial charge on any atom is -0.497 e. The zero-order valence-electron chi connectivity index (χ0n) is 12.3. The van der Waals surface area contributed by atoms with Crippen LogP contribution in [0.25, 0.3) is 10.8 Å². The maximum absolute atomic E-state index is 5.64. The van der Waals surface area contributed by atoms with Gasteiger partial charge in [0.2, 0.25) is 0 Å². The van der Waals surface area contributed by atoms with E-state index in [4.69, 9.17) is 10.5 Å². The van der Waals surface area contributed by atoms with Crippen molar-refractivity contribution in [1.29, 1.82) is 0 Å². The predicted octanol–water partition coefficient (Wildman–Crippen LogP) is 2.81. The second kappa shape index (κ2) is 7.10. The molecule has 0 amide bonds. The Labute approximate surface area is 120 Å². The highest BCUT2D eigenvalue weighted by molar-refractivity contribution is 5.93. The number of fused-ring (bicyclic) bond motifs is 1. The second-order valence-electron chi connectivity index (χ2n) is 4.85. The zero-order valence-corrected chi connectivity index (χ0v) is 12.3. The molecule has 0 atom stereocenters. The van der Waals surface area contributed by atoms with E-state index in [2.05, 4.69) is 28.9 Å². The topological polar surface area (TPSA) is 51.4 Å². The number of benzene rings is 1. The first-order valence-electron chi connectivity index (χ1n) is 7.18. The van der Waals surface area contributed by atoms with Crippen molar-refractivity contribution in [2.45, 2.75) is 19.8 Å². The van der Waals surface area contributed by atoms with Crippen LogP contribution in [0.4, 0.5) is 5.82 Å². The van der Waals surface area contributed by atoms with Gasteiger partial charge >= 0.3 is 0 Å². The fourth-order valence-corrected chi connectivity index (χ4v) is 2.39. The van der Waals surface area contributed by atoms with Crippen molar-refractivity contribution in [3.05, 3.63) is 30.5 Å². The maximum Gasteiger partial charge on any atom is 0.136 e. The number of hydrogen-bond acceptors (Lipinski definition) is 4. The van der Waals surface area contributed by atoms with E-state index in [9.17, 15) is 0 Å². The van der Waals surface area contributed by atoms with Gasteiger partial charge in [0, 0.05) is 24.7 Å². The predicted molar refractivity (Wildman–Crippen MR) is 84.5 cm³/mol. The molecular formula is C16H23N3O. The van der Waals surface area contributed by atoms with Gasteiger partial charge in [0.05, 0.1) is 7.11 Å². The van der Waals surface area contributed by atoms with Crippen LogP contribution in [-0.4, -0.2) is 31.7 Å². The van der Waals surface area contributed by atoms with Crippen molar-refractivity contribution in [2.75, 3.05) is 31.6 Å². The van der Waals surface area contributed by atoms with E-state index in [1.54, 1.807) is 7.11 Å². The molecule has 0 fully saturated rings. The van der Waals surface area contributed by atoms with Crippen molar-refractivity contribution in [1.82, 2.24) is 4.98 Å². The first kappa shape index (κ1) is 14.6. The van der Waals surface area contributed by atoms with E-state index in [0.29, 0.717) is 6.54 Å². The molecule has 0 unspecified atom stereocenters. The van der Waals surface area contributed by atoms with Gasteiger partial charge in [0.25, 0.3) is 0 Å². The third-order valence-electron chi connectivity index (χ3n) is 3.38. The van der Waals surface area contributed by atoms with Crippen molar-refractivity contribution >= 4 is 16.6 Å². The van der Waals surface area contributed by atoms with Gasteiger partial charge in [-0.05, 0) is 43.0 Å². The minimum absolute atomic E-state index is 0.703. The lowest BCUT2D eigenvalue weighted by Gasteiger charge is -2.24. The van der Waals surface area contributed by atoms with Gasteiger partial charge in [-0.25, -0.2) is 4.98 Å². The molecule has 2 aromatic rings. The fourth-order valence-electron chi connectivity index (χ4n) is 2.39. The van der Waals surface area contributed by atoms with Crippen LogP contribution in [0.2, 0.25) is 0 Å². The molecule has 0 aliphatic carbocycles. The van der Waals surface area contributed by atoms with Gasteiger partial charge in [0.15, 0.2) is 0 Å². The van der Waals surface area contributed by atoms with E-state index in [-0.39, 0.29) is 0 Å². The standard InChI is InChI=1S/C16H23N3O/c1-3-10-19(11-4-8-17)16-15-12-14(20-2)6-5-13(15)7-9-18-16/h5-7,9,12H,3-4,8,10-11,17H2,1-2H3. The second-order valence-corrected chi connectivity index (χ2v) is 4.85. The fraction of sp³-hybridized carbons (Fsp3) is 0.438. The molecule has 0 aliphatic rings. The normalized spacial score (nSPS) is 10.8. The van der Waals surface area contributed by atoms with E-state index < -0.39 is 0 Å². The number of methoxy groups -OCH3 is 1. The number of ether oxygens (including phenoxy) is 1. The number of nitrogens with two attached hydrogens (primary N) is 1. The Hall–Kier alpha value is -1.81. The highest BCUT2D eigenvalue weighted by atomic mass is 16.5. The van der Waals surface area contributed by atoms with Crippen LogP contribution >= 0.6 is 0 Å². The van der Waals surface area contributed by atoms with Gasteiger partial charge < -0.3 is 15.4 Å². The lowest BCUT2D eigenvalue weighted by atomic mass is 10.1. The molecule has 0 saturated carbocycles. The lowest BCUT2D eigenvalue weighted by Crippen LogP contribution is -2.27. The van der Waals surface area contributed by atoms with Crippen LogP contribution in [0.3, 0.4) is 0 Å². The number of anilines is 1. The zero-order chi connectivity index (χ0) is 14.4. The molecule has 4 nitrogen and oxygen atoms in total. The summed E-state index contributed by atoms with van der Waals surface area (Å²) >= 11 is 0. The average Bonchev–Trinajstić information content (AvgIpc) is 2.50. The first-order chi connectivity index (χ1) is 9.80. The molecular weight excluding hydrogens is 250 g/mol. The highest BCUT2D eigenvalue weighted by Crippen LogP contribution is 2.28. The summed E-state index contributed by atoms with van der Waals surface area (Å²) in [6.07, 6.45) is 3.93. The molecule has 2 rings (SSSR count). The first-order valence-corrected chi connectivity index (χ1v) is 7.18. The Morgan fingerprint density at radius 3 is 2.80 bits per heavy atom. The lowest BCUT2D eigenvalue weighted by molar-refractivity contribution is 0.415. The van der Waals surface area contributed by atoms with Crippen molar-refractivity contribution < 1.29 is 4.74 Å². The average molecular weight is 273 g/mol. The number of pyridine rings is 1. The largest absolute Gasteiger partial charge is 0.497 e. The summed E-state index contributed by atoms with van der Waals surface area (Å²) in [7, 11) is 1.69. The highest BCUT2D eigenvalue weighted by Gasteiger charge is 2.11. The summed E-state index contributed by atoms with van der Waals surface area (Å²) < 4.78 is 5.33. The molecule has 0 bridgehead atoms. The van der Waals surface area contributed by atoms with Gasteiger partial charge in [-0.1, -0.05) is 13.0 Å². The number of hydrogen-bond donors (Lipinski definition) is 1. The van der Waals surface area contributed by atoms with Crippen LogP contribution in [0.15, 0.2) is 30.5 Å². The number of aromatic nitrogens is 1. The molecule has 20 heavy (non-hydrogen) atoms. The van der Waals surface area contributed by atoms with Gasteiger partial charge in [-0.15, -0.1) is 0 Å². The molecule has 4 heteroatoms. The minimum atomic E-state index is 0.703. The number of rotatable bonds is 7. The third kappa shape index (κ3) is 3.20. The monoisotopic (exact) mass is 273 g/mol. The number of nitrogens with zero attached hydrogens (tertiary/aromatic N) is 2. The molecule has 0 aliphatic heterocycles. The summed E-state index contributed by atoms with van der Waals surface area (Å²) in [6.45, 7) is 4.81. The Balaban J connectivity index is 2.43. The van der Waals surface area contributed by atoms with Gasteiger partial charge in [0.1, 0.15) is 11.6 Å². The summed E-state index contributed by atoms with van der Waals surface area (Å²) in [5.41, 5.74) is 5.64. The molecule has 108 valence electrons. The van der Waals surface area contributed by atoms with E-state index >= 15 is 0 Å². The Kier molecular flexibility index (Phi) is 5.18. The molecule has 1 heterocycles. The SMILES string of the molecule is CCCN(CCCN)c1nccc2ccc(OC)cc12.